The van der Waals surface area contributed by atoms with Crippen LogP contribution in [0.1, 0.15) is 24.5 Å². The summed E-state index contributed by atoms with van der Waals surface area (Å²) in [5.74, 6) is 0.493. The highest BCUT2D eigenvalue weighted by molar-refractivity contribution is 7.99. The van der Waals surface area contributed by atoms with Crippen molar-refractivity contribution in [2.24, 2.45) is 0 Å². The van der Waals surface area contributed by atoms with Crippen LogP contribution in [0, 0.1) is 0 Å². The van der Waals surface area contributed by atoms with E-state index < -0.39 is 5.97 Å². The number of hydrogen-bond acceptors (Lipinski definition) is 4. The van der Waals surface area contributed by atoms with Crippen molar-refractivity contribution in [3.8, 4) is 5.75 Å². The maximum absolute atomic E-state index is 12.3. The maximum Gasteiger partial charge on any atom is 0.313 e. The number of anilines is 1. The number of thioether (sulfide) groups is 1. The van der Waals surface area contributed by atoms with E-state index in [1.165, 1.54) is 11.8 Å². The summed E-state index contributed by atoms with van der Waals surface area (Å²) in [6, 6.07) is 15.0. The van der Waals surface area contributed by atoms with Crippen LogP contribution in [0.3, 0.4) is 0 Å². The molecule has 26 heavy (non-hydrogen) atoms. The van der Waals surface area contributed by atoms with Crippen molar-refractivity contribution in [3.05, 3.63) is 59.7 Å². The summed E-state index contributed by atoms with van der Waals surface area (Å²) in [5, 5.41) is 11.6. The topological polar surface area (TPSA) is 75.6 Å². The Hall–Kier alpha value is -2.47. The number of carboxylic acid groups (broad SMARTS) is 1. The number of carboxylic acids is 1. The van der Waals surface area contributed by atoms with Gasteiger partial charge in [-0.15, -0.1) is 11.8 Å². The minimum Gasteiger partial charge on any atom is -0.494 e. The minimum absolute atomic E-state index is 0.0625. The molecule has 6 heteroatoms. The molecule has 0 saturated heterocycles. The van der Waals surface area contributed by atoms with Crippen LogP contribution >= 0.6 is 11.8 Å². The summed E-state index contributed by atoms with van der Waals surface area (Å²) in [6.45, 7) is 2.70. The second-order valence-corrected chi connectivity index (χ2v) is 6.79. The molecule has 2 N–H and O–H groups in total. The van der Waals surface area contributed by atoms with Gasteiger partial charge in [0.05, 0.1) is 18.8 Å². The lowest BCUT2D eigenvalue weighted by Gasteiger charge is -2.09. The fraction of sp³-hybridized carbons (Fsp3) is 0.300. The summed E-state index contributed by atoms with van der Waals surface area (Å²) in [5.41, 5.74) is 2.58. The molecule has 0 aromatic heterocycles. The van der Waals surface area contributed by atoms with Gasteiger partial charge in [-0.3, -0.25) is 9.59 Å². The van der Waals surface area contributed by atoms with Crippen LogP contribution in [0.15, 0.2) is 48.5 Å². The normalized spacial score (nSPS) is 10.3. The highest BCUT2D eigenvalue weighted by Gasteiger charge is 2.06. The van der Waals surface area contributed by atoms with E-state index in [1.807, 2.05) is 55.5 Å². The first kappa shape index (κ1) is 19.8. The smallest absolute Gasteiger partial charge is 0.313 e. The lowest BCUT2D eigenvalue weighted by Crippen LogP contribution is -2.14. The van der Waals surface area contributed by atoms with E-state index in [4.69, 9.17) is 9.84 Å². The summed E-state index contributed by atoms with van der Waals surface area (Å²) < 4.78 is 5.59. The van der Waals surface area contributed by atoms with Crippen LogP contribution in [0.2, 0.25) is 0 Å². The molecule has 0 unspecified atom stereocenters. The third kappa shape index (κ3) is 7.19. The lowest BCUT2D eigenvalue weighted by molar-refractivity contribution is -0.133. The van der Waals surface area contributed by atoms with Crippen LogP contribution in [0.25, 0.3) is 0 Å². The largest absolute Gasteiger partial charge is 0.494 e. The molecule has 0 bridgehead atoms. The van der Waals surface area contributed by atoms with Crippen molar-refractivity contribution < 1.29 is 19.4 Å². The van der Waals surface area contributed by atoms with E-state index in [2.05, 4.69) is 5.32 Å². The van der Waals surface area contributed by atoms with Crippen LogP contribution in [-0.4, -0.2) is 29.3 Å². The van der Waals surface area contributed by atoms with Crippen molar-refractivity contribution in [2.75, 3.05) is 17.7 Å². The lowest BCUT2D eigenvalue weighted by atomic mass is 10.1. The van der Waals surface area contributed by atoms with Crippen LogP contribution in [0.5, 0.6) is 5.75 Å². The predicted molar refractivity (Wildman–Crippen MR) is 105 cm³/mol. The Morgan fingerprint density at radius 1 is 1.12 bits per heavy atom. The van der Waals surface area contributed by atoms with Gasteiger partial charge in [-0.05, 0) is 41.8 Å². The van der Waals surface area contributed by atoms with Crippen molar-refractivity contribution >= 4 is 29.3 Å². The number of nitrogens with one attached hydrogen (secondary N) is 1. The zero-order valence-corrected chi connectivity index (χ0v) is 15.6. The van der Waals surface area contributed by atoms with Crippen molar-refractivity contribution in [1.82, 2.24) is 0 Å². The molecule has 0 spiro atoms. The second-order valence-electron chi connectivity index (χ2n) is 5.81. The van der Waals surface area contributed by atoms with Crippen molar-refractivity contribution in [3.63, 3.8) is 0 Å². The summed E-state index contributed by atoms with van der Waals surface area (Å²) in [7, 11) is 0. The van der Waals surface area contributed by atoms with E-state index in [-0.39, 0.29) is 18.1 Å². The molecular formula is C20H23NO4S. The molecule has 2 aromatic carbocycles. The zero-order chi connectivity index (χ0) is 18.8. The van der Waals surface area contributed by atoms with Gasteiger partial charge in [0, 0.05) is 11.4 Å². The van der Waals surface area contributed by atoms with Gasteiger partial charge in [-0.1, -0.05) is 31.2 Å². The number of carbonyl (C=O) groups is 2. The number of amides is 1. The highest BCUT2D eigenvalue weighted by Crippen LogP contribution is 2.18. The average molecular weight is 373 g/mol. The van der Waals surface area contributed by atoms with Gasteiger partial charge < -0.3 is 15.2 Å². The minimum atomic E-state index is -0.829. The molecule has 0 aliphatic heterocycles. The van der Waals surface area contributed by atoms with Crippen molar-refractivity contribution in [1.29, 1.82) is 0 Å². The van der Waals surface area contributed by atoms with Crippen LogP contribution < -0.4 is 10.1 Å². The van der Waals surface area contributed by atoms with Crippen LogP contribution in [-0.2, 0) is 21.8 Å². The molecule has 0 saturated carbocycles. The first-order valence-corrected chi connectivity index (χ1v) is 9.62. The Labute approximate surface area is 157 Å². The third-order valence-electron chi connectivity index (χ3n) is 3.44. The monoisotopic (exact) mass is 373 g/mol. The highest BCUT2D eigenvalue weighted by atomic mass is 32.2. The molecule has 0 atom stereocenters. The van der Waals surface area contributed by atoms with E-state index in [9.17, 15) is 9.59 Å². The molecule has 0 heterocycles. The van der Waals surface area contributed by atoms with Crippen molar-refractivity contribution in [2.45, 2.75) is 25.5 Å². The van der Waals surface area contributed by atoms with E-state index in [1.54, 1.807) is 0 Å². The number of carbonyl (C=O) groups excluding carboxylic acids is 1. The molecule has 2 aromatic rings. The summed E-state index contributed by atoms with van der Waals surface area (Å²) in [6.07, 6.45) is 1.20. The number of benzene rings is 2. The Morgan fingerprint density at radius 3 is 2.65 bits per heavy atom. The Balaban J connectivity index is 1.90. The molecule has 5 nitrogen and oxygen atoms in total. The summed E-state index contributed by atoms with van der Waals surface area (Å²) >= 11 is 1.33. The standard InChI is InChI=1S/C20H23NO4S/c1-2-9-25-18-8-4-5-15(11-18)12-19(22)21-17-7-3-6-16(10-17)13-26-14-20(23)24/h3-8,10-11H,2,9,12-14H2,1H3,(H,21,22)(H,23,24). The molecule has 0 aliphatic carbocycles. The van der Waals surface area contributed by atoms with E-state index >= 15 is 0 Å². The Kier molecular flexibility index (Phi) is 8.02. The van der Waals surface area contributed by atoms with E-state index in [0.29, 0.717) is 18.0 Å². The SMILES string of the molecule is CCCOc1cccc(CC(=O)Nc2cccc(CSCC(=O)O)c2)c1. The molecule has 2 rings (SSSR count). The third-order valence-corrected chi connectivity index (χ3v) is 4.43. The zero-order valence-electron chi connectivity index (χ0n) is 14.7. The van der Waals surface area contributed by atoms with Gasteiger partial charge in [0.15, 0.2) is 0 Å². The molecular weight excluding hydrogens is 350 g/mol. The van der Waals surface area contributed by atoms with Gasteiger partial charge in [-0.2, -0.15) is 0 Å². The Morgan fingerprint density at radius 2 is 1.88 bits per heavy atom. The molecule has 0 aliphatic rings. The fourth-order valence-electron chi connectivity index (χ4n) is 2.35. The molecule has 138 valence electrons. The number of aliphatic carboxylic acids is 1. The van der Waals surface area contributed by atoms with Crippen LogP contribution in [0.4, 0.5) is 5.69 Å². The molecule has 0 radical (unpaired) electrons. The number of hydrogen-bond donors (Lipinski definition) is 2. The average Bonchev–Trinajstić information content (AvgIpc) is 2.60. The first-order valence-electron chi connectivity index (χ1n) is 8.47. The fourth-order valence-corrected chi connectivity index (χ4v) is 3.04. The van der Waals surface area contributed by atoms with Gasteiger partial charge in [0.2, 0.25) is 5.91 Å². The molecule has 1 amide bonds. The Bertz CT molecular complexity index is 748. The van der Waals surface area contributed by atoms with Gasteiger partial charge in [-0.25, -0.2) is 0 Å². The van der Waals surface area contributed by atoms with E-state index in [0.717, 1.165) is 23.3 Å². The van der Waals surface area contributed by atoms with Gasteiger partial charge in [0.1, 0.15) is 5.75 Å². The molecule has 0 fully saturated rings. The maximum atomic E-state index is 12.3. The van der Waals surface area contributed by atoms with Gasteiger partial charge in [0.25, 0.3) is 0 Å². The van der Waals surface area contributed by atoms with Gasteiger partial charge >= 0.3 is 5.97 Å². The summed E-state index contributed by atoms with van der Waals surface area (Å²) in [4.78, 5) is 22.9. The predicted octanol–water partition coefficient (Wildman–Crippen LogP) is 3.97. The number of rotatable bonds is 10. The second kappa shape index (κ2) is 10.5. The quantitative estimate of drug-likeness (QED) is 0.659. The first-order chi connectivity index (χ1) is 12.6. The number of ether oxygens (including phenoxy) is 1.